The van der Waals surface area contributed by atoms with Crippen molar-refractivity contribution in [1.82, 2.24) is 10.4 Å². The lowest BCUT2D eigenvalue weighted by Crippen LogP contribution is -2.25. The van der Waals surface area contributed by atoms with Gasteiger partial charge in [0.25, 0.3) is 5.91 Å². The molecule has 24 heavy (non-hydrogen) atoms. The predicted octanol–water partition coefficient (Wildman–Crippen LogP) is 3.35. The standard InChI is InChI=1S/C19H20N4O/c1-13-7-8-16(9-14(13)2)20-12-19(24)23-22-11-15-10-21-18-6-4-3-5-17(15)18/h3-11,20-21H,12H2,1-2H3,(H,23,24)/b22-11+. The number of amides is 1. The molecule has 0 bridgehead atoms. The number of benzene rings is 2. The van der Waals surface area contributed by atoms with Gasteiger partial charge in [-0.2, -0.15) is 5.10 Å². The van der Waals surface area contributed by atoms with E-state index in [1.165, 1.54) is 11.1 Å². The van der Waals surface area contributed by atoms with Crippen LogP contribution in [0, 0.1) is 13.8 Å². The maximum Gasteiger partial charge on any atom is 0.259 e. The SMILES string of the molecule is Cc1ccc(NCC(=O)N/N=C/c2c[nH]c3ccccc23)cc1C. The third kappa shape index (κ3) is 3.63. The molecule has 1 heterocycles. The molecule has 2 aromatic carbocycles. The van der Waals surface area contributed by atoms with Crippen molar-refractivity contribution >= 4 is 28.7 Å². The smallest absolute Gasteiger partial charge is 0.259 e. The van der Waals surface area contributed by atoms with E-state index in [1.54, 1.807) is 6.21 Å². The summed E-state index contributed by atoms with van der Waals surface area (Å²) in [7, 11) is 0. The molecule has 1 aromatic heterocycles. The Morgan fingerprint density at radius 1 is 1.17 bits per heavy atom. The summed E-state index contributed by atoms with van der Waals surface area (Å²) in [5.74, 6) is -0.190. The Bertz CT molecular complexity index is 895. The monoisotopic (exact) mass is 320 g/mol. The van der Waals surface area contributed by atoms with Crippen LogP contribution in [0.5, 0.6) is 0 Å². The van der Waals surface area contributed by atoms with Crippen molar-refractivity contribution in [3.8, 4) is 0 Å². The molecule has 0 aliphatic rings. The van der Waals surface area contributed by atoms with Gasteiger partial charge in [0.2, 0.25) is 0 Å². The second-order valence-electron chi connectivity index (χ2n) is 5.74. The first kappa shape index (κ1) is 15.8. The molecule has 0 radical (unpaired) electrons. The van der Waals surface area contributed by atoms with Gasteiger partial charge < -0.3 is 10.3 Å². The van der Waals surface area contributed by atoms with Crippen molar-refractivity contribution < 1.29 is 4.79 Å². The number of rotatable bonds is 5. The van der Waals surface area contributed by atoms with Crippen LogP contribution in [0.25, 0.3) is 10.9 Å². The molecule has 0 aliphatic heterocycles. The lowest BCUT2D eigenvalue weighted by molar-refractivity contribution is -0.119. The highest BCUT2D eigenvalue weighted by Gasteiger charge is 2.02. The van der Waals surface area contributed by atoms with Gasteiger partial charge >= 0.3 is 0 Å². The lowest BCUT2D eigenvalue weighted by Gasteiger charge is -2.07. The molecule has 3 N–H and O–H groups in total. The zero-order chi connectivity index (χ0) is 16.9. The van der Waals surface area contributed by atoms with E-state index in [0.29, 0.717) is 0 Å². The second-order valence-corrected chi connectivity index (χ2v) is 5.74. The molecular weight excluding hydrogens is 300 g/mol. The molecule has 0 saturated heterocycles. The molecule has 5 nitrogen and oxygen atoms in total. The third-order valence-electron chi connectivity index (χ3n) is 3.97. The van der Waals surface area contributed by atoms with Gasteiger partial charge in [-0.1, -0.05) is 24.3 Å². The minimum atomic E-state index is -0.190. The Labute approximate surface area is 140 Å². The van der Waals surface area contributed by atoms with E-state index in [4.69, 9.17) is 0 Å². The molecular formula is C19H20N4O. The highest BCUT2D eigenvalue weighted by Crippen LogP contribution is 2.15. The van der Waals surface area contributed by atoms with Gasteiger partial charge in [-0.05, 0) is 43.2 Å². The van der Waals surface area contributed by atoms with Crippen LogP contribution in [-0.2, 0) is 4.79 Å². The maximum atomic E-state index is 11.9. The zero-order valence-corrected chi connectivity index (χ0v) is 13.8. The molecule has 0 aliphatic carbocycles. The quantitative estimate of drug-likeness (QED) is 0.498. The van der Waals surface area contributed by atoms with Crippen molar-refractivity contribution in [3.63, 3.8) is 0 Å². The zero-order valence-electron chi connectivity index (χ0n) is 13.8. The molecule has 0 atom stereocenters. The summed E-state index contributed by atoms with van der Waals surface area (Å²) in [5, 5.41) is 8.19. The first-order valence-corrected chi connectivity index (χ1v) is 7.82. The van der Waals surface area contributed by atoms with Gasteiger partial charge in [0.05, 0.1) is 12.8 Å². The number of fused-ring (bicyclic) bond motifs is 1. The van der Waals surface area contributed by atoms with E-state index in [2.05, 4.69) is 27.8 Å². The van der Waals surface area contributed by atoms with Crippen molar-refractivity contribution in [2.75, 3.05) is 11.9 Å². The van der Waals surface area contributed by atoms with Crippen LogP contribution in [-0.4, -0.2) is 23.7 Å². The Morgan fingerprint density at radius 3 is 2.83 bits per heavy atom. The van der Waals surface area contributed by atoms with Crippen molar-refractivity contribution in [2.45, 2.75) is 13.8 Å². The fraction of sp³-hybridized carbons (Fsp3) is 0.158. The Balaban J connectivity index is 1.54. The summed E-state index contributed by atoms with van der Waals surface area (Å²) >= 11 is 0. The summed E-state index contributed by atoms with van der Waals surface area (Å²) in [6.45, 7) is 4.28. The molecule has 122 valence electrons. The normalized spacial score (nSPS) is 11.1. The van der Waals surface area contributed by atoms with Crippen molar-refractivity contribution in [2.24, 2.45) is 5.10 Å². The van der Waals surface area contributed by atoms with Crippen LogP contribution in [0.3, 0.4) is 0 Å². The number of hydrogen-bond donors (Lipinski definition) is 3. The number of hydrazone groups is 1. The molecule has 0 spiro atoms. The van der Waals surface area contributed by atoms with Gasteiger partial charge in [-0.15, -0.1) is 0 Å². The minimum absolute atomic E-state index is 0.174. The van der Waals surface area contributed by atoms with Crippen LogP contribution in [0.1, 0.15) is 16.7 Å². The molecule has 0 fully saturated rings. The number of nitrogens with one attached hydrogen (secondary N) is 3. The molecule has 3 aromatic rings. The fourth-order valence-electron chi connectivity index (χ4n) is 2.45. The topological polar surface area (TPSA) is 69.3 Å². The first-order valence-electron chi connectivity index (χ1n) is 7.82. The van der Waals surface area contributed by atoms with E-state index >= 15 is 0 Å². The van der Waals surface area contributed by atoms with Gasteiger partial charge in [-0.3, -0.25) is 4.79 Å². The lowest BCUT2D eigenvalue weighted by atomic mass is 10.1. The fourth-order valence-corrected chi connectivity index (χ4v) is 2.45. The summed E-state index contributed by atoms with van der Waals surface area (Å²) < 4.78 is 0. The van der Waals surface area contributed by atoms with E-state index < -0.39 is 0 Å². The van der Waals surface area contributed by atoms with Crippen LogP contribution in [0.15, 0.2) is 53.8 Å². The number of aromatic amines is 1. The number of anilines is 1. The molecule has 0 saturated carbocycles. The number of carbonyl (C=O) groups is 1. The molecule has 1 amide bonds. The Kier molecular flexibility index (Phi) is 4.61. The highest BCUT2D eigenvalue weighted by atomic mass is 16.2. The van der Waals surface area contributed by atoms with Crippen LogP contribution >= 0.6 is 0 Å². The van der Waals surface area contributed by atoms with E-state index in [9.17, 15) is 4.79 Å². The van der Waals surface area contributed by atoms with Crippen molar-refractivity contribution in [1.29, 1.82) is 0 Å². The van der Waals surface area contributed by atoms with E-state index in [0.717, 1.165) is 22.2 Å². The summed E-state index contributed by atoms with van der Waals surface area (Å²) in [5.41, 5.74) is 7.86. The van der Waals surface area contributed by atoms with Gasteiger partial charge in [0.1, 0.15) is 0 Å². The largest absolute Gasteiger partial charge is 0.376 e. The van der Waals surface area contributed by atoms with Gasteiger partial charge in [0, 0.05) is 28.4 Å². The molecule has 5 heteroatoms. The van der Waals surface area contributed by atoms with Crippen molar-refractivity contribution in [3.05, 3.63) is 65.4 Å². The van der Waals surface area contributed by atoms with Crippen LogP contribution in [0.2, 0.25) is 0 Å². The first-order chi connectivity index (χ1) is 11.6. The number of aryl methyl sites for hydroxylation is 2. The molecule has 0 unspecified atom stereocenters. The minimum Gasteiger partial charge on any atom is -0.376 e. The molecule has 3 rings (SSSR count). The summed E-state index contributed by atoms with van der Waals surface area (Å²) in [6.07, 6.45) is 3.51. The number of aromatic nitrogens is 1. The Morgan fingerprint density at radius 2 is 2.00 bits per heavy atom. The Hall–Kier alpha value is -3.08. The van der Waals surface area contributed by atoms with E-state index in [1.807, 2.05) is 55.6 Å². The predicted molar refractivity (Wildman–Crippen MR) is 98.4 cm³/mol. The number of carbonyl (C=O) groups excluding carboxylic acids is 1. The number of H-pyrrole nitrogens is 1. The summed E-state index contributed by atoms with van der Waals surface area (Å²) in [4.78, 5) is 15.0. The third-order valence-corrected chi connectivity index (χ3v) is 3.97. The number of para-hydroxylation sites is 1. The average molecular weight is 320 g/mol. The summed E-state index contributed by atoms with van der Waals surface area (Å²) in [6, 6.07) is 14.0. The van der Waals surface area contributed by atoms with Gasteiger partial charge in [0.15, 0.2) is 0 Å². The average Bonchev–Trinajstić information content (AvgIpc) is 2.99. The van der Waals surface area contributed by atoms with Crippen LogP contribution < -0.4 is 10.7 Å². The van der Waals surface area contributed by atoms with Crippen LogP contribution in [0.4, 0.5) is 5.69 Å². The van der Waals surface area contributed by atoms with E-state index in [-0.39, 0.29) is 12.5 Å². The number of nitrogens with zero attached hydrogens (tertiary/aromatic N) is 1. The number of hydrogen-bond acceptors (Lipinski definition) is 3. The maximum absolute atomic E-state index is 11.9. The highest BCUT2D eigenvalue weighted by molar-refractivity contribution is 5.99. The van der Waals surface area contributed by atoms with Gasteiger partial charge in [-0.25, -0.2) is 5.43 Å². The second kappa shape index (κ2) is 7.00.